The van der Waals surface area contributed by atoms with Crippen LogP contribution in [0.5, 0.6) is 0 Å². The lowest BCUT2D eigenvalue weighted by molar-refractivity contribution is 0.0939. The van der Waals surface area contributed by atoms with Crippen LogP contribution in [0.3, 0.4) is 0 Å². The number of amides is 1. The summed E-state index contributed by atoms with van der Waals surface area (Å²) in [5, 5.41) is 6.41. The normalized spacial score (nSPS) is 16.1. The van der Waals surface area contributed by atoms with Crippen LogP contribution in [0.15, 0.2) is 36.7 Å². The van der Waals surface area contributed by atoms with E-state index < -0.39 is 0 Å². The van der Waals surface area contributed by atoms with Gasteiger partial charge in [-0.05, 0) is 43.9 Å². The number of hydrogen-bond donors (Lipinski definition) is 2. The SMILES string of the molecule is CC[C@@H](C)NC(=O)c1ccc(-c2cnc(NC3CCCCC3)nc2)cc1. The molecule has 1 atom stereocenters. The van der Waals surface area contributed by atoms with Gasteiger partial charge >= 0.3 is 0 Å². The lowest BCUT2D eigenvalue weighted by Gasteiger charge is -2.22. The molecule has 1 amide bonds. The highest BCUT2D eigenvalue weighted by atomic mass is 16.1. The predicted octanol–water partition coefficient (Wildman–Crippen LogP) is 4.42. The van der Waals surface area contributed by atoms with Gasteiger partial charge in [0.2, 0.25) is 5.95 Å². The minimum Gasteiger partial charge on any atom is -0.351 e. The molecule has 1 saturated carbocycles. The molecule has 0 unspecified atom stereocenters. The van der Waals surface area contributed by atoms with E-state index in [0.29, 0.717) is 17.6 Å². The highest BCUT2D eigenvalue weighted by molar-refractivity contribution is 5.94. The Bertz CT molecular complexity index is 706. The fraction of sp³-hybridized carbons (Fsp3) is 0.476. The quantitative estimate of drug-likeness (QED) is 0.808. The van der Waals surface area contributed by atoms with E-state index in [-0.39, 0.29) is 11.9 Å². The van der Waals surface area contributed by atoms with Crippen LogP contribution in [0.4, 0.5) is 5.95 Å². The summed E-state index contributed by atoms with van der Waals surface area (Å²) in [6.45, 7) is 4.06. The minimum atomic E-state index is -0.0332. The molecule has 1 aromatic carbocycles. The van der Waals surface area contributed by atoms with Crippen LogP contribution in [0.25, 0.3) is 11.1 Å². The number of aromatic nitrogens is 2. The molecule has 1 aliphatic carbocycles. The van der Waals surface area contributed by atoms with Crippen molar-refractivity contribution < 1.29 is 4.79 Å². The second-order valence-electron chi connectivity index (χ2n) is 7.13. The predicted molar refractivity (Wildman–Crippen MR) is 105 cm³/mol. The summed E-state index contributed by atoms with van der Waals surface area (Å²) in [5.41, 5.74) is 2.63. The van der Waals surface area contributed by atoms with Gasteiger partial charge in [0, 0.05) is 35.6 Å². The Kier molecular flexibility index (Phi) is 6.21. The lowest BCUT2D eigenvalue weighted by Crippen LogP contribution is -2.31. The van der Waals surface area contributed by atoms with Crippen LogP contribution in [0.1, 0.15) is 62.7 Å². The van der Waals surface area contributed by atoms with E-state index >= 15 is 0 Å². The van der Waals surface area contributed by atoms with E-state index in [2.05, 4.69) is 27.5 Å². The van der Waals surface area contributed by atoms with E-state index in [1.807, 2.05) is 43.6 Å². The molecule has 1 heterocycles. The van der Waals surface area contributed by atoms with Crippen molar-refractivity contribution in [3.05, 3.63) is 42.2 Å². The largest absolute Gasteiger partial charge is 0.351 e. The Morgan fingerprint density at radius 3 is 2.35 bits per heavy atom. The summed E-state index contributed by atoms with van der Waals surface area (Å²) >= 11 is 0. The highest BCUT2D eigenvalue weighted by Gasteiger charge is 2.14. The average Bonchev–Trinajstić information content (AvgIpc) is 2.69. The number of nitrogens with zero attached hydrogens (tertiary/aromatic N) is 2. The maximum absolute atomic E-state index is 12.2. The van der Waals surface area contributed by atoms with Crippen LogP contribution in [0, 0.1) is 0 Å². The van der Waals surface area contributed by atoms with Crippen LogP contribution < -0.4 is 10.6 Å². The fourth-order valence-electron chi connectivity index (χ4n) is 3.20. The molecule has 2 N–H and O–H groups in total. The molecule has 0 spiro atoms. The Balaban J connectivity index is 1.62. The molecule has 1 fully saturated rings. The molecule has 26 heavy (non-hydrogen) atoms. The van der Waals surface area contributed by atoms with Gasteiger partial charge in [-0.3, -0.25) is 4.79 Å². The first kappa shape index (κ1) is 18.4. The third-order valence-corrected chi connectivity index (χ3v) is 5.06. The molecule has 2 aromatic rings. The van der Waals surface area contributed by atoms with Crippen LogP contribution >= 0.6 is 0 Å². The van der Waals surface area contributed by atoms with Gasteiger partial charge in [0.25, 0.3) is 5.91 Å². The third-order valence-electron chi connectivity index (χ3n) is 5.06. The van der Waals surface area contributed by atoms with Crippen LogP contribution in [-0.2, 0) is 0 Å². The van der Waals surface area contributed by atoms with E-state index in [1.165, 1.54) is 32.1 Å². The molecule has 0 radical (unpaired) electrons. The number of carbonyl (C=O) groups excluding carboxylic acids is 1. The third kappa shape index (κ3) is 4.81. The second kappa shape index (κ2) is 8.79. The number of carbonyl (C=O) groups is 1. The molecule has 138 valence electrons. The van der Waals surface area contributed by atoms with E-state index in [1.54, 1.807) is 0 Å². The molecule has 5 heteroatoms. The zero-order valence-electron chi connectivity index (χ0n) is 15.7. The van der Waals surface area contributed by atoms with Crippen molar-refractivity contribution in [1.82, 2.24) is 15.3 Å². The zero-order valence-corrected chi connectivity index (χ0v) is 15.7. The molecular weight excluding hydrogens is 324 g/mol. The molecule has 0 aliphatic heterocycles. The van der Waals surface area contributed by atoms with Crippen molar-refractivity contribution >= 4 is 11.9 Å². The van der Waals surface area contributed by atoms with Crippen LogP contribution in [-0.4, -0.2) is 28.0 Å². The first-order valence-electron chi connectivity index (χ1n) is 9.65. The van der Waals surface area contributed by atoms with Gasteiger partial charge < -0.3 is 10.6 Å². The Hall–Kier alpha value is -2.43. The van der Waals surface area contributed by atoms with Crippen LogP contribution in [0.2, 0.25) is 0 Å². The van der Waals surface area contributed by atoms with E-state index in [9.17, 15) is 4.79 Å². The van der Waals surface area contributed by atoms with Crippen molar-refractivity contribution in [2.45, 2.75) is 64.5 Å². The average molecular weight is 352 g/mol. The molecule has 5 nitrogen and oxygen atoms in total. The van der Waals surface area contributed by atoms with Gasteiger partial charge in [-0.2, -0.15) is 0 Å². The standard InChI is InChI=1S/C21H28N4O/c1-3-15(2)24-20(26)17-11-9-16(10-12-17)18-13-22-21(23-14-18)25-19-7-5-4-6-8-19/h9-15,19H,3-8H2,1-2H3,(H,24,26)(H,22,23,25)/t15-/m1/s1. The smallest absolute Gasteiger partial charge is 0.251 e. The van der Waals surface area contributed by atoms with E-state index in [4.69, 9.17) is 0 Å². The zero-order chi connectivity index (χ0) is 18.4. The summed E-state index contributed by atoms with van der Waals surface area (Å²) in [4.78, 5) is 21.1. The summed E-state index contributed by atoms with van der Waals surface area (Å²) in [5.74, 6) is 0.666. The van der Waals surface area contributed by atoms with Crippen molar-refractivity contribution in [3.8, 4) is 11.1 Å². The number of rotatable bonds is 6. The van der Waals surface area contributed by atoms with Crippen molar-refractivity contribution in [3.63, 3.8) is 0 Å². The molecule has 0 bridgehead atoms. The first-order chi connectivity index (χ1) is 12.7. The van der Waals surface area contributed by atoms with Crippen molar-refractivity contribution in [2.24, 2.45) is 0 Å². The summed E-state index contributed by atoms with van der Waals surface area (Å²) in [6, 6.07) is 8.26. The molecule has 3 rings (SSSR count). The maximum Gasteiger partial charge on any atom is 0.251 e. The summed E-state index contributed by atoms with van der Waals surface area (Å²) in [6.07, 6.45) is 10.9. The van der Waals surface area contributed by atoms with Gasteiger partial charge in [0.05, 0.1) is 0 Å². The molecule has 0 saturated heterocycles. The van der Waals surface area contributed by atoms with Gasteiger partial charge in [-0.25, -0.2) is 9.97 Å². The number of hydrogen-bond acceptors (Lipinski definition) is 4. The van der Waals surface area contributed by atoms with E-state index in [0.717, 1.165) is 17.5 Å². The molecule has 1 aliphatic rings. The van der Waals surface area contributed by atoms with Gasteiger partial charge in [0.1, 0.15) is 0 Å². The minimum absolute atomic E-state index is 0.0332. The maximum atomic E-state index is 12.2. The molecular formula is C21H28N4O. The van der Waals surface area contributed by atoms with Crippen molar-refractivity contribution in [2.75, 3.05) is 5.32 Å². The lowest BCUT2D eigenvalue weighted by atomic mass is 9.96. The number of benzene rings is 1. The van der Waals surface area contributed by atoms with Gasteiger partial charge in [-0.1, -0.05) is 38.3 Å². The fourth-order valence-corrected chi connectivity index (χ4v) is 3.20. The summed E-state index contributed by atoms with van der Waals surface area (Å²) in [7, 11) is 0. The van der Waals surface area contributed by atoms with Gasteiger partial charge in [-0.15, -0.1) is 0 Å². The Morgan fingerprint density at radius 1 is 1.08 bits per heavy atom. The number of anilines is 1. The Morgan fingerprint density at radius 2 is 1.73 bits per heavy atom. The number of nitrogens with one attached hydrogen (secondary N) is 2. The van der Waals surface area contributed by atoms with Crippen molar-refractivity contribution in [1.29, 1.82) is 0 Å². The summed E-state index contributed by atoms with van der Waals surface area (Å²) < 4.78 is 0. The molecule has 1 aromatic heterocycles. The monoisotopic (exact) mass is 352 g/mol. The Labute approximate surface area is 155 Å². The first-order valence-corrected chi connectivity index (χ1v) is 9.65. The second-order valence-corrected chi connectivity index (χ2v) is 7.13. The highest BCUT2D eigenvalue weighted by Crippen LogP contribution is 2.22. The van der Waals surface area contributed by atoms with Gasteiger partial charge in [0.15, 0.2) is 0 Å². The topological polar surface area (TPSA) is 66.9 Å².